The summed E-state index contributed by atoms with van der Waals surface area (Å²) in [5.74, 6) is 3.26. The molecule has 2 fully saturated rings. The first-order valence-corrected chi connectivity index (χ1v) is 10.1. The molecule has 0 amide bonds. The van der Waals surface area contributed by atoms with Crippen LogP contribution >= 0.6 is 0 Å². The van der Waals surface area contributed by atoms with E-state index in [1.165, 1.54) is 77.0 Å². The number of hydrogen-bond donors (Lipinski definition) is 1. The summed E-state index contributed by atoms with van der Waals surface area (Å²) in [4.78, 5) is 0. The molecule has 2 saturated carbocycles. The molecule has 0 atom stereocenters. The second-order valence-electron chi connectivity index (χ2n) is 7.81. The zero-order chi connectivity index (χ0) is 14.8. The van der Waals surface area contributed by atoms with Crippen LogP contribution in [-0.4, -0.2) is 6.54 Å². The monoisotopic (exact) mass is 293 g/mol. The Morgan fingerprint density at radius 2 is 1.10 bits per heavy atom. The number of nitrogens with two attached hydrogens (primary N) is 1. The van der Waals surface area contributed by atoms with Crippen molar-refractivity contribution >= 4 is 0 Å². The lowest BCUT2D eigenvalue weighted by atomic mass is 9.68. The van der Waals surface area contributed by atoms with Gasteiger partial charge in [0, 0.05) is 0 Å². The number of unbranched alkanes of at least 4 members (excludes halogenated alkanes) is 4. The van der Waals surface area contributed by atoms with E-state index < -0.39 is 0 Å². The van der Waals surface area contributed by atoms with Gasteiger partial charge in [-0.1, -0.05) is 89.9 Å². The Morgan fingerprint density at radius 1 is 0.619 bits per heavy atom. The Labute approximate surface area is 133 Å². The van der Waals surface area contributed by atoms with Crippen molar-refractivity contribution in [1.29, 1.82) is 0 Å². The molecule has 1 nitrogen and oxygen atoms in total. The highest BCUT2D eigenvalue weighted by atomic mass is 14.5. The summed E-state index contributed by atoms with van der Waals surface area (Å²) < 4.78 is 0. The Morgan fingerprint density at radius 3 is 1.62 bits per heavy atom. The van der Waals surface area contributed by atoms with E-state index in [0.717, 1.165) is 24.3 Å². The zero-order valence-electron chi connectivity index (χ0n) is 14.3. The smallest absolute Gasteiger partial charge is 0.00773 e. The molecule has 2 N–H and O–H groups in total. The number of hydrogen-bond acceptors (Lipinski definition) is 1. The average molecular weight is 294 g/mol. The van der Waals surface area contributed by atoms with E-state index in [2.05, 4.69) is 0 Å². The van der Waals surface area contributed by atoms with E-state index in [4.69, 9.17) is 5.73 Å². The van der Waals surface area contributed by atoms with Crippen molar-refractivity contribution in [2.75, 3.05) is 6.54 Å². The van der Waals surface area contributed by atoms with E-state index in [1.807, 2.05) is 0 Å². The quantitative estimate of drug-likeness (QED) is 0.513. The Balaban J connectivity index is 1.74. The second kappa shape index (κ2) is 10.6. The van der Waals surface area contributed by atoms with Crippen molar-refractivity contribution in [3.63, 3.8) is 0 Å². The minimum absolute atomic E-state index is 0.882. The summed E-state index contributed by atoms with van der Waals surface area (Å²) in [5.41, 5.74) is 5.59. The molecule has 0 aromatic carbocycles. The third-order valence-corrected chi connectivity index (χ3v) is 6.25. The van der Waals surface area contributed by atoms with Gasteiger partial charge in [-0.3, -0.25) is 0 Å². The molecule has 21 heavy (non-hydrogen) atoms. The van der Waals surface area contributed by atoms with Crippen LogP contribution in [0.4, 0.5) is 0 Å². The number of rotatable bonds is 9. The molecule has 2 rings (SSSR count). The molecule has 0 spiro atoms. The van der Waals surface area contributed by atoms with Gasteiger partial charge >= 0.3 is 0 Å². The minimum Gasteiger partial charge on any atom is -0.330 e. The van der Waals surface area contributed by atoms with Crippen LogP contribution in [0.15, 0.2) is 0 Å². The van der Waals surface area contributed by atoms with Gasteiger partial charge < -0.3 is 5.73 Å². The SMILES string of the molecule is NCCCCCCCC(C1CCCCC1)C1CCCCC1. The summed E-state index contributed by atoms with van der Waals surface area (Å²) in [5, 5.41) is 0. The molecule has 0 aromatic rings. The normalized spacial score (nSPS) is 22.0. The van der Waals surface area contributed by atoms with Crippen molar-refractivity contribution in [2.45, 2.75) is 103 Å². The fourth-order valence-electron chi connectivity index (χ4n) is 5.04. The first-order valence-electron chi connectivity index (χ1n) is 10.1. The maximum Gasteiger partial charge on any atom is -0.00773 e. The fraction of sp³-hybridized carbons (Fsp3) is 1.00. The molecule has 0 aromatic heterocycles. The molecule has 2 aliphatic carbocycles. The van der Waals surface area contributed by atoms with Crippen LogP contribution in [0.2, 0.25) is 0 Å². The Hall–Kier alpha value is -0.0400. The van der Waals surface area contributed by atoms with Crippen LogP contribution in [-0.2, 0) is 0 Å². The summed E-state index contributed by atoms with van der Waals surface area (Å²) >= 11 is 0. The van der Waals surface area contributed by atoms with Gasteiger partial charge in [0.15, 0.2) is 0 Å². The van der Waals surface area contributed by atoms with Crippen molar-refractivity contribution in [3.05, 3.63) is 0 Å². The van der Waals surface area contributed by atoms with Crippen LogP contribution in [0, 0.1) is 17.8 Å². The molecule has 2 aliphatic rings. The minimum atomic E-state index is 0.882. The van der Waals surface area contributed by atoms with Crippen molar-refractivity contribution in [2.24, 2.45) is 23.5 Å². The summed E-state index contributed by atoms with van der Waals surface area (Å²) in [6, 6.07) is 0. The molecular formula is C20H39N. The van der Waals surface area contributed by atoms with Crippen molar-refractivity contribution < 1.29 is 0 Å². The maximum atomic E-state index is 5.59. The molecule has 0 heterocycles. The van der Waals surface area contributed by atoms with Gasteiger partial charge in [-0.25, -0.2) is 0 Å². The van der Waals surface area contributed by atoms with Gasteiger partial charge in [-0.2, -0.15) is 0 Å². The Kier molecular flexibility index (Phi) is 8.78. The molecular weight excluding hydrogens is 254 g/mol. The van der Waals surface area contributed by atoms with Gasteiger partial charge in [-0.05, 0) is 37.1 Å². The molecule has 0 bridgehead atoms. The second-order valence-corrected chi connectivity index (χ2v) is 7.81. The third-order valence-electron chi connectivity index (χ3n) is 6.25. The first kappa shape index (κ1) is 17.3. The summed E-state index contributed by atoms with van der Waals surface area (Å²) in [6.07, 6.45) is 23.8. The van der Waals surface area contributed by atoms with Crippen LogP contribution in [0.5, 0.6) is 0 Å². The standard InChI is InChI=1S/C20H39N/c21-17-11-3-1-2-10-16-20(18-12-6-4-7-13-18)19-14-8-5-9-15-19/h18-20H,1-17,21H2. The molecule has 1 heteroatoms. The van der Waals surface area contributed by atoms with Crippen LogP contribution in [0.3, 0.4) is 0 Å². The predicted octanol–water partition coefficient (Wildman–Crippen LogP) is 6.06. The van der Waals surface area contributed by atoms with Crippen LogP contribution in [0.25, 0.3) is 0 Å². The lowest BCUT2D eigenvalue weighted by Crippen LogP contribution is -2.27. The highest BCUT2D eigenvalue weighted by Crippen LogP contribution is 2.42. The van der Waals surface area contributed by atoms with E-state index in [0.29, 0.717) is 0 Å². The van der Waals surface area contributed by atoms with Gasteiger partial charge in [0.2, 0.25) is 0 Å². The lowest BCUT2D eigenvalue weighted by Gasteiger charge is -2.38. The molecule has 124 valence electrons. The molecule has 0 unspecified atom stereocenters. The fourth-order valence-corrected chi connectivity index (χ4v) is 5.04. The highest BCUT2D eigenvalue weighted by molar-refractivity contribution is 4.81. The largest absolute Gasteiger partial charge is 0.330 e. The lowest BCUT2D eigenvalue weighted by molar-refractivity contribution is 0.131. The highest BCUT2D eigenvalue weighted by Gasteiger charge is 2.30. The topological polar surface area (TPSA) is 26.0 Å². The maximum absolute atomic E-state index is 5.59. The van der Waals surface area contributed by atoms with Crippen LogP contribution in [0.1, 0.15) is 103 Å². The van der Waals surface area contributed by atoms with E-state index in [9.17, 15) is 0 Å². The van der Waals surface area contributed by atoms with Gasteiger partial charge in [0.1, 0.15) is 0 Å². The predicted molar refractivity (Wildman–Crippen MR) is 93.4 cm³/mol. The van der Waals surface area contributed by atoms with Gasteiger partial charge in [-0.15, -0.1) is 0 Å². The zero-order valence-corrected chi connectivity index (χ0v) is 14.3. The Bertz CT molecular complexity index is 220. The van der Waals surface area contributed by atoms with Gasteiger partial charge in [0.25, 0.3) is 0 Å². The van der Waals surface area contributed by atoms with E-state index in [-0.39, 0.29) is 0 Å². The molecule has 0 radical (unpaired) electrons. The summed E-state index contributed by atoms with van der Waals surface area (Å²) in [6.45, 7) is 0.882. The average Bonchev–Trinajstić information content (AvgIpc) is 2.56. The molecule has 0 saturated heterocycles. The molecule has 0 aliphatic heterocycles. The van der Waals surface area contributed by atoms with Crippen LogP contribution < -0.4 is 5.73 Å². The first-order chi connectivity index (χ1) is 10.4. The summed E-state index contributed by atoms with van der Waals surface area (Å²) in [7, 11) is 0. The van der Waals surface area contributed by atoms with Crippen molar-refractivity contribution in [1.82, 2.24) is 0 Å². The van der Waals surface area contributed by atoms with E-state index >= 15 is 0 Å². The van der Waals surface area contributed by atoms with Gasteiger partial charge in [0.05, 0.1) is 0 Å². The third kappa shape index (κ3) is 6.30. The van der Waals surface area contributed by atoms with Crippen molar-refractivity contribution in [3.8, 4) is 0 Å². The van der Waals surface area contributed by atoms with E-state index in [1.54, 1.807) is 25.7 Å².